The Balaban J connectivity index is 2.10. The van der Waals surface area contributed by atoms with Crippen molar-refractivity contribution < 1.29 is 4.79 Å². The molecule has 106 valence electrons. The first-order valence-electron chi connectivity index (χ1n) is 6.43. The van der Waals surface area contributed by atoms with E-state index in [0.717, 1.165) is 9.36 Å². The Morgan fingerprint density at radius 3 is 2.60 bits per heavy atom. The highest BCUT2D eigenvalue weighted by atomic mass is 16.2. The van der Waals surface area contributed by atoms with Crippen LogP contribution in [-0.2, 0) is 11.3 Å². The maximum absolute atomic E-state index is 12.1. The Hall–Kier alpha value is -2.44. The molecule has 0 radical (unpaired) electrons. The molecule has 0 aliphatic heterocycles. The minimum absolute atomic E-state index is 0.127. The van der Waals surface area contributed by atoms with Crippen LogP contribution in [0.25, 0.3) is 5.69 Å². The molecule has 1 aromatic carbocycles. The monoisotopic (exact) mass is 275 g/mol. The highest BCUT2D eigenvalue weighted by Gasteiger charge is 2.11. The molecule has 0 unspecified atom stereocenters. The van der Waals surface area contributed by atoms with Gasteiger partial charge in [-0.15, -0.1) is 0 Å². The summed E-state index contributed by atoms with van der Waals surface area (Å²) in [5, 5.41) is 10.2. The van der Waals surface area contributed by atoms with Crippen molar-refractivity contribution in [3.8, 4) is 5.69 Å². The normalized spacial score (nSPS) is 10.8. The molecule has 0 saturated heterocycles. The van der Waals surface area contributed by atoms with Crippen LogP contribution in [0.4, 0.5) is 0 Å². The van der Waals surface area contributed by atoms with E-state index in [-0.39, 0.29) is 12.5 Å². The van der Waals surface area contributed by atoms with E-state index in [2.05, 4.69) is 15.7 Å². The quantitative estimate of drug-likeness (QED) is 0.845. The van der Waals surface area contributed by atoms with E-state index in [4.69, 9.17) is 0 Å². The Kier molecular flexibility index (Phi) is 4.29. The Bertz CT molecular complexity index is 630. The van der Waals surface area contributed by atoms with Crippen LogP contribution in [0.3, 0.4) is 0 Å². The lowest BCUT2D eigenvalue weighted by Gasteiger charge is -2.06. The molecule has 2 aromatic rings. The Morgan fingerprint density at radius 1 is 1.25 bits per heavy atom. The molecular formula is C13H17N5O2. The van der Waals surface area contributed by atoms with E-state index >= 15 is 0 Å². The van der Waals surface area contributed by atoms with E-state index in [0.29, 0.717) is 18.2 Å². The molecule has 7 heteroatoms. The number of hydrogen-bond acceptors (Lipinski definition) is 4. The minimum Gasteiger partial charge on any atom is -0.354 e. The SMILES string of the molecule is CC(C)CNC(=O)Cn1nnn(-c2ccccc2)c1=O. The first-order chi connectivity index (χ1) is 9.58. The smallest absolute Gasteiger partial charge is 0.354 e. The molecule has 0 atom stereocenters. The zero-order chi connectivity index (χ0) is 14.5. The molecule has 0 spiro atoms. The number of carbonyl (C=O) groups excluding carboxylic acids is 1. The standard InChI is InChI=1S/C13H17N5O2/c1-10(2)8-14-12(19)9-17-13(20)18(16-15-17)11-6-4-3-5-7-11/h3-7,10H,8-9H2,1-2H3,(H,14,19). The number of tetrazole rings is 1. The molecular weight excluding hydrogens is 258 g/mol. The van der Waals surface area contributed by atoms with Crippen LogP contribution in [0, 0.1) is 5.92 Å². The van der Waals surface area contributed by atoms with Crippen LogP contribution >= 0.6 is 0 Å². The Labute approximate surface area is 116 Å². The molecule has 1 aromatic heterocycles. The maximum atomic E-state index is 12.1. The third-order valence-electron chi connectivity index (χ3n) is 2.64. The van der Waals surface area contributed by atoms with Crippen molar-refractivity contribution in [1.29, 1.82) is 0 Å². The van der Waals surface area contributed by atoms with Crippen LogP contribution in [0.2, 0.25) is 0 Å². The van der Waals surface area contributed by atoms with Gasteiger partial charge in [0, 0.05) is 6.54 Å². The van der Waals surface area contributed by atoms with Gasteiger partial charge in [0.05, 0.1) is 5.69 Å². The third-order valence-corrected chi connectivity index (χ3v) is 2.64. The molecule has 0 bridgehead atoms. The summed E-state index contributed by atoms with van der Waals surface area (Å²) in [6, 6.07) is 8.95. The van der Waals surface area contributed by atoms with Gasteiger partial charge in [-0.25, -0.2) is 4.79 Å². The topological polar surface area (TPSA) is 81.8 Å². The van der Waals surface area contributed by atoms with Crippen molar-refractivity contribution in [2.45, 2.75) is 20.4 Å². The molecule has 2 rings (SSSR count). The molecule has 1 N–H and O–H groups in total. The van der Waals surface area contributed by atoms with Gasteiger partial charge < -0.3 is 5.32 Å². The second-order valence-electron chi connectivity index (χ2n) is 4.86. The number of benzene rings is 1. The number of carbonyl (C=O) groups is 1. The van der Waals surface area contributed by atoms with Crippen LogP contribution < -0.4 is 11.0 Å². The summed E-state index contributed by atoms with van der Waals surface area (Å²) in [6.45, 7) is 4.44. The highest BCUT2D eigenvalue weighted by Crippen LogP contribution is 2.00. The number of aromatic nitrogens is 4. The summed E-state index contributed by atoms with van der Waals surface area (Å²) in [5.74, 6) is 0.108. The fourth-order valence-corrected chi connectivity index (χ4v) is 1.61. The van der Waals surface area contributed by atoms with Crippen molar-refractivity contribution >= 4 is 5.91 Å². The van der Waals surface area contributed by atoms with E-state index in [1.807, 2.05) is 19.9 Å². The summed E-state index contributed by atoms with van der Waals surface area (Å²) in [7, 11) is 0. The van der Waals surface area contributed by atoms with Crippen molar-refractivity contribution in [2.75, 3.05) is 6.54 Å². The fourth-order valence-electron chi connectivity index (χ4n) is 1.61. The molecule has 0 aliphatic carbocycles. The number of hydrogen-bond donors (Lipinski definition) is 1. The Morgan fingerprint density at radius 2 is 1.95 bits per heavy atom. The van der Waals surface area contributed by atoms with Gasteiger partial charge in [-0.3, -0.25) is 4.79 Å². The lowest BCUT2D eigenvalue weighted by atomic mass is 10.2. The lowest BCUT2D eigenvalue weighted by molar-refractivity contribution is -0.122. The van der Waals surface area contributed by atoms with Gasteiger partial charge in [0.1, 0.15) is 6.54 Å². The van der Waals surface area contributed by atoms with Crippen molar-refractivity contribution in [3.05, 3.63) is 40.8 Å². The zero-order valence-electron chi connectivity index (χ0n) is 11.5. The second kappa shape index (κ2) is 6.14. The van der Waals surface area contributed by atoms with E-state index in [9.17, 15) is 9.59 Å². The van der Waals surface area contributed by atoms with E-state index in [1.54, 1.807) is 24.3 Å². The summed E-state index contributed by atoms with van der Waals surface area (Å²) < 4.78 is 2.21. The number of amides is 1. The predicted molar refractivity (Wildman–Crippen MR) is 73.5 cm³/mol. The summed E-state index contributed by atoms with van der Waals surface area (Å²) in [6.07, 6.45) is 0. The van der Waals surface area contributed by atoms with Gasteiger partial charge in [-0.05, 0) is 28.5 Å². The number of rotatable bonds is 5. The molecule has 20 heavy (non-hydrogen) atoms. The molecule has 7 nitrogen and oxygen atoms in total. The minimum atomic E-state index is -0.434. The predicted octanol–water partition coefficient (Wildman–Crippen LogP) is 0.201. The maximum Gasteiger partial charge on any atom is 0.368 e. The molecule has 1 heterocycles. The first-order valence-corrected chi connectivity index (χ1v) is 6.43. The zero-order valence-corrected chi connectivity index (χ0v) is 11.5. The summed E-state index contributed by atoms with van der Waals surface area (Å²) in [5.41, 5.74) is 0.183. The average Bonchev–Trinajstić information content (AvgIpc) is 2.79. The van der Waals surface area contributed by atoms with Crippen molar-refractivity contribution in [1.82, 2.24) is 25.1 Å². The van der Waals surface area contributed by atoms with Crippen LogP contribution in [0.5, 0.6) is 0 Å². The number of nitrogens with one attached hydrogen (secondary N) is 1. The molecule has 0 aliphatic rings. The van der Waals surface area contributed by atoms with Crippen molar-refractivity contribution in [2.24, 2.45) is 5.92 Å². The van der Waals surface area contributed by atoms with Crippen LogP contribution in [0.1, 0.15) is 13.8 Å². The van der Waals surface area contributed by atoms with Crippen LogP contribution in [0.15, 0.2) is 35.1 Å². The highest BCUT2D eigenvalue weighted by molar-refractivity contribution is 5.75. The van der Waals surface area contributed by atoms with Gasteiger partial charge in [-0.2, -0.15) is 9.36 Å². The fraction of sp³-hybridized carbons (Fsp3) is 0.385. The average molecular weight is 275 g/mol. The van der Waals surface area contributed by atoms with Gasteiger partial charge in [0.15, 0.2) is 0 Å². The van der Waals surface area contributed by atoms with E-state index < -0.39 is 5.69 Å². The lowest BCUT2D eigenvalue weighted by Crippen LogP contribution is -2.35. The number of nitrogens with zero attached hydrogens (tertiary/aromatic N) is 4. The number of para-hydroxylation sites is 1. The third kappa shape index (κ3) is 3.31. The first kappa shape index (κ1) is 14.0. The second-order valence-corrected chi connectivity index (χ2v) is 4.86. The largest absolute Gasteiger partial charge is 0.368 e. The molecule has 0 saturated carbocycles. The van der Waals surface area contributed by atoms with Gasteiger partial charge in [0.25, 0.3) is 0 Å². The van der Waals surface area contributed by atoms with Gasteiger partial charge >= 0.3 is 5.69 Å². The van der Waals surface area contributed by atoms with Gasteiger partial charge in [-0.1, -0.05) is 32.0 Å². The van der Waals surface area contributed by atoms with Crippen LogP contribution in [-0.4, -0.2) is 32.2 Å². The van der Waals surface area contributed by atoms with Crippen molar-refractivity contribution in [3.63, 3.8) is 0 Å². The van der Waals surface area contributed by atoms with E-state index in [1.165, 1.54) is 0 Å². The summed E-state index contributed by atoms with van der Waals surface area (Å²) in [4.78, 5) is 23.7. The summed E-state index contributed by atoms with van der Waals surface area (Å²) >= 11 is 0. The molecule has 1 amide bonds. The van der Waals surface area contributed by atoms with Gasteiger partial charge in [0.2, 0.25) is 5.91 Å². The molecule has 0 fully saturated rings.